The fourth-order valence-corrected chi connectivity index (χ4v) is 2.59. The average molecular weight is 351 g/mol. The molecule has 6 heteroatoms. The van der Waals surface area contributed by atoms with Gasteiger partial charge in [0.25, 0.3) is 5.91 Å². The molecule has 1 amide bonds. The number of amides is 1. The second-order valence-electron chi connectivity index (χ2n) is 5.87. The lowest BCUT2D eigenvalue weighted by molar-refractivity contribution is 0.0948. The van der Waals surface area contributed by atoms with E-state index in [9.17, 15) is 4.79 Å². The summed E-state index contributed by atoms with van der Waals surface area (Å²) in [7, 11) is 0. The van der Waals surface area contributed by atoms with Crippen molar-refractivity contribution in [3.63, 3.8) is 0 Å². The molecule has 0 aliphatic heterocycles. The third kappa shape index (κ3) is 4.27. The molecule has 0 bridgehead atoms. The van der Waals surface area contributed by atoms with E-state index in [0.717, 1.165) is 11.1 Å². The number of nitrogens with one attached hydrogen (secondary N) is 1. The Kier molecular flexibility index (Phi) is 5.63. The number of carbonyl (C=O) groups is 1. The van der Waals surface area contributed by atoms with E-state index < -0.39 is 0 Å². The number of hydrogen-bond donors (Lipinski definition) is 1. The Morgan fingerprint density at radius 2 is 2.00 bits per heavy atom. The lowest BCUT2D eigenvalue weighted by atomic mass is 10.1. The third-order valence-electron chi connectivity index (χ3n) is 3.98. The molecule has 0 saturated carbocycles. The number of ether oxygens (including phenoxy) is 1. The van der Waals surface area contributed by atoms with Crippen LogP contribution in [0.2, 0.25) is 0 Å². The molecule has 3 aromatic rings. The summed E-state index contributed by atoms with van der Waals surface area (Å²) in [5.74, 6) is 0.862. The van der Waals surface area contributed by atoms with Crippen molar-refractivity contribution in [1.82, 2.24) is 15.5 Å². The molecule has 0 unspecified atom stereocenters. The Morgan fingerprint density at radius 1 is 1.19 bits per heavy atom. The molecule has 2 aromatic heterocycles. The molecule has 1 aromatic carbocycles. The third-order valence-corrected chi connectivity index (χ3v) is 3.98. The summed E-state index contributed by atoms with van der Waals surface area (Å²) in [4.78, 5) is 16.6. The predicted molar refractivity (Wildman–Crippen MR) is 96.8 cm³/mol. The van der Waals surface area contributed by atoms with Crippen molar-refractivity contribution in [2.45, 2.75) is 33.4 Å². The molecule has 3 rings (SSSR count). The number of aromatic nitrogens is 2. The number of rotatable bonds is 7. The topological polar surface area (TPSA) is 77.3 Å². The summed E-state index contributed by atoms with van der Waals surface area (Å²) in [5, 5.41) is 6.81. The Bertz CT molecular complexity index is 875. The van der Waals surface area contributed by atoms with Gasteiger partial charge in [-0.25, -0.2) is 4.98 Å². The highest BCUT2D eigenvalue weighted by Gasteiger charge is 2.18. The van der Waals surface area contributed by atoms with Crippen molar-refractivity contribution in [3.05, 3.63) is 76.8 Å². The Hall–Kier alpha value is -3.15. The molecule has 26 heavy (non-hydrogen) atoms. The Balaban J connectivity index is 1.60. The minimum atomic E-state index is -0.191. The second kappa shape index (κ2) is 8.29. The van der Waals surface area contributed by atoms with Gasteiger partial charge in [0.15, 0.2) is 0 Å². The number of pyridine rings is 1. The predicted octanol–water partition coefficient (Wildman–Crippen LogP) is 3.45. The molecule has 0 fully saturated rings. The minimum Gasteiger partial charge on any atom is -0.473 e. The van der Waals surface area contributed by atoms with E-state index in [-0.39, 0.29) is 5.91 Å². The van der Waals surface area contributed by atoms with Crippen molar-refractivity contribution in [2.75, 3.05) is 0 Å². The van der Waals surface area contributed by atoms with Crippen molar-refractivity contribution >= 4 is 5.91 Å². The van der Waals surface area contributed by atoms with Crippen LogP contribution in [0.4, 0.5) is 0 Å². The minimum absolute atomic E-state index is 0.191. The molecule has 0 atom stereocenters. The largest absolute Gasteiger partial charge is 0.473 e. The molecular formula is C20H21N3O3. The van der Waals surface area contributed by atoms with Crippen LogP contribution in [-0.4, -0.2) is 16.0 Å². The van der Waals surface area contributed by atoms with Gasteiger partial charge in [-0.2, -0.15) is 0 Å². The highest BCUT2D eigenvalue weighted by Crippen LogP contribution is 2.15. The Labute approximate surface area is 152 Å². The van der Waals surface area contributed by atoms with Gasteiger partial charge in [0.2, 0.25) is 5.88 Å². The fraction of sp³-hybridized carbons (Fsp3) is 0.250. The lowest BCUT2D eigenvalue weighted by Crippen LogP contribution is -2.24. The van der Waals surface area contributed by atoms with Crippen LogP contribution in [0.3, 0.4) is 0 Å². The molecule has 2 heterocycles. The monoisotopic (exact) mass is 351 g/mol. The summed E-state index contributed by atoms with van der Waals surface area (Å²) >= 11 is 0. The van der Waals surface area contributed by atoms with E-state index in [4.69, 9.17) is 9.26 Å². The van der Waals surface area contributed by atoms with E-state index in [1.165, 1.54) is 0 Å². The maximum absolute atomic E-state index is 12.4. The molecule has 0 saturated heterocycles. The van der Waals surface area contributed by atoms with Crippen LogP contribution in [0, 0.1) is 6.92 Å². The average Bonchev–Trinajstić information content (AvgIpc) is 3.06. The van der Waals surface area contributed by atoms with E-state index in [1.807, 2.05) is 49.4 Å². The van der Waals surface area contributed by atoms with Crippen LogP contribution in [-0.2, 0) is 19.6 Å². The van der Waals surface area contributed by atoms with E-state index >= 15 is 0 Å². The summed E-state index contributed by atoms with van der Waals surface area (Å²) in [6.07, 6.45) is 2.32. The van der Waals surface area contributed by atoms with Crippen LogP contribution in [0.1, 0.15) is 39.9 Å². The van der Waals surface area contributed by atoms with Gasteiger partial charge < -0.3 is 14.6 Å². The van der Waals surface area contributed by atoms with Crippen LogP contribution in [0.25, 0.3) is 0 Å². The number of carbonyl (C=O) groups excluding carboxylic acids is 1. The molecule has 0 spiro atoms. The zero-order chi connectivity index (χ0) is 18.4. The first-order chi connectivity index (χ1) is 12.7. The first-order valence-corrected chi connectivity index (χ1v) is 8.52. The van der Waals surface area contributed by atoms with Gasteiger partial charge in [0, 0.05) is 18.8 Å². The summed E-state index contributed by atoms with van der Waals surface area (Å²) in [6.45, 7) is 4.50. The maximum Gasteiger partial charge on any atom is 0.257 e. The highest BCUT2D eigenvalue weighted by molar-refractivity contribution is 5.96. The molecule has 134 valence electrons. The van der Waals surface area contributed by atoms with E-state index in [2.05, 4.69) is 15.5 Å². The molecule has 0 aliphatic rings. The number of nitrogens with zero attached hydrogens (tertiary/aromatic N) is 2. The number of benzene rings is 1. The van der Waals surface area contributed by atoms with Crippen molar-refractivity contribution in [2.24, 2.45) is 0 Å². The maximum atomic E-state index is 12.4. The lowest BCUT2D eigenvalue weighted by Gasteiger charge is -2.08. The first-order valence-electron chi connectivity index (χ1n) is 8.52. The first kappa shape index (κ1) is 17.7. The second-order valence-corrected chi connectivity index (χ2v) is 5.87. The van der Waals surface area contributed by atoms with Gasteiger partial charge in [-0.15, -0.1) is 0 Å². The zero-order valence-electron chi connectivity index (χ0n) is 14.9. The molecule has 0 radical (unpaired) electrons. The standard InChI is InChI=1S/C20H21N3O3/c1-3-17-19(14(2)26-23-17)20(24)22-12-16-9-10-21-18(11-16)25-13-15-7-5-4-6-8-15/h4-11H,3,12-13H2,1-2H3,(H,22,24). The molecular weight excluding hydrogens is 330 g/mol. The van der Waals surface area contributed by atoms with Gasteiger partial charge in [-0.3, -0.25) is 4.79 Å². The van der Waals surface area contributed by atoms with E-state index in [0.29, 0.717) is 42.5 Å². The van der Waals surface area contributed by atoms with Crippen LogP contribution in [0.5, 0.6) is 5.88 Å². The number of hydrogen-bond acceptors (Lipinski definition) is 5. The number of aryl methyl sites for hydroxylation is 2. The zero-order valence-corrected chi connectivity index (χ0v) is 14.9. The van der Waals surface area contributed by atoms with Crippen molar-refractivity contribution < 1.29 is 14.1 Å². The van der Waals surface area contributed by atoms with Crippen LogP contribution < -0.4 is 10.1 Å². The molecule has 1 N–H and O–H groups in total. The van der Waals surface area contributed by atoms with Gasteiger partial charge >= 0.3 is 0 Å². The summed E-state index contributed by atoms with van der Waals surface area (Å²) in [5.41, 5.74) is 3.16. The highest BCUT2D eigenvalue weighted by atomic mass is 16.5. The van der Waals surface area contributed by atoms with Crippen molar-refractivity contribution in [1.29, 1.82) is 0 Å². The molecule has 0 aliphatic carbocycles. The summed E-state index contributed by atoms with van der Waals surface area (Å²) in [6, 6.07) is 13.6. The van der Waals surface area contributed by atoms with Gasteiger partial charge in [0.05, 0.1) is 5.69 Å². The van der Waals surface area contributed by atoms with Gasteiger partial charge in [0.1, 0.15) is 17.9 Å². The SMILES string of the molecule is CCc1noc(C)c1C(=O)NCc1ccnc(OCc2ccccc2)c1. The van der Waals surface area contributed by atoms with Crippen LogP contribution in [0.15, 0.2) is 53.2 Å². The smallest absolute Gasteiger partial charge is 0.257 e. The van der Waals surface area contributed by atoms with Gasteiger partial charge in [-0.05, 0) is 30.5 Å². The summed E-state index contributed by atoms with van der Waals surface area (Å²) < 4.78 is 10.8. The van der Waals surface area contributed by atoms with E-state index in [1.54, 1.807) is 13.1 Å². The normalized spacial score (nSPS) is 10.5. The van der Waals surface area contributed by atoms with Gasteiger partial charge in [-0.1, -0.05) is 42.4 Å². The Morgan fingerprint density at radius 3 is 2.77 bits per heavy atom. The fourth-order valence-electron chi connectivity index (χ4n) is 2.59. The van der Waals surface area contributed by atoms with Crippen LogP contribution >= 0.6 is 0 Å². The quantitative estimate of drug-likeness (QED) is 0.705. The molecule has 6 nitrogen and oxygen atoms in total. The van der Waals surface area contributed by atoms with Crippen molar-refractivity contribution in [3.8, 4) is 5.88 Å².